The van der Waals surface area contributed by atoms with E-state index in [0.717, 1.165) is 36.0 Å². The molecule has 0 aliphatic carbocycles. The van der Waals surface area contributed by atoms with Crippen LogP contribution in [0.25, 0.3) is 23.7 Å². The van der Waals surface area contributed by atoms with E-state index in [1.807, 2.05) is 25.1 Å². The number of pyridine rings is 1. The van der Waals surface area contributed by atoms with Gasteiger partial charge in [-0.15, -0.1) is 0 Å². The van der Waals surface area contributed by atoms with Gasteiger partial charge in [-0.05, 0) is 35.8 Å². The maximum absolute atomic E-state index is 13.8. The topological polar surface area (TPSA) is 79.0 Å². The number of hydrogen-bond donors (Lipinski definition) is 1. The molecule has 0 radical (unpaired) electrons. The predicted molar refractivity (Wildman–Crippen MR) is 167 cm³/mol. The number of imidazole rings is 1. The Kier molecular flexibility index (Phi) is 11.9. The van der Waals surface area contributed by atoms with E-state index in [9.17, 15) is 13.2 Å². The van der Waals surface area contributed by atoms with Gasteiger partial charge < -0.3 is 19.4 Å². The molecule has 0 aromatic carbocycles. The van der Waals surface area contributed by atoms with Crippen LogP contribution in [0.2, 0.25) is 51.4 Å². The molecule has 8 nitrogen and oxygen atoms in total. The number of alkyl halides is 3. The van der Waals surface area contributed by atoms with Crippen molar-refractivity contribution < 1.29 is 22.6 Å². The zero-order valence-electron chi connectivity index (χ0n) is 25.9. The molecule has 0 bridgehead atoms. The Morgan fingerprint density at radius 2 is 1.60 bits per heavy atom. The van der Waals surface area contributed by atoms with Gasteiger partial charge in [0.1, 0.15) is 19.2 Å². The first-order valence-electron chi connectivity index (χ1n) is 14.3. The SMILES string of the molecule is CCNCc1cncc(/C=C/c2cn(COCC[Si](C)(C)C)nc2-c2nc(C(F)(F)F)cn2COCC[Si](C)(C)C)c1. The molecule has 0 aliphatic heterocycles. The summed E-state index contributed by atoms with van der Waals surface area (Å²) in [6.45, 7) is 18.3. The highest BCUT2D eigenvalue weighted by Crippen LogP contribution is 2.32. The summed E-state index contributed by atoms with van der Waals surface area (Å²) in [4.78, 5) is 8.31. The van der Waals surface area contributed by atoms with Crippen LogP contribution in [0.1, 0.15) is 29.3 Å². The Morgan fingerprint density at radius 3 is 2.21 bits per heavy atom. The van der Waals surface area contributed by atoms with E-state index < -0.39 is 28.0 Å². The smallest absolute Gasteiger partial charge is 0.361 e. The van der Waals surface area contributed by atoms with E-state index in [1.165, 1.54) is 4.57 Å². The van der Waals surface area contributed by atoms with Gasteiger partial charge in [-0.2, -0.15) is 18.3 Å². The van der Waals surface area contributed by atoms with Gasteiger partial charge >= 0.3 is 6.18 Å². The van der Waals surface area contributed by atoms with Crippen molar-refractivity contribution in [2.75, 3.05) is 19.8 Å². The Bertz CT molecular complexity index is 1310. The Balaban J connectivity index is 1.95. The van der Waals surface area contributed by atoms with Crippen LogP contribution in [0.4, 0.5) is 13.2 Å². The van der Waals surface area contributed by atoms with Crippen molar-refractivity contribution in [1.82, 2.24) is 29.6 Å². The molecule has 232 valence electrons. The van der Waals surface area contributed by atoms with Crippen molar-refractivity contribution >= 4 is 28.3 Å². The molecule has 3 rings (SSSR count). The molecule has 13 heteroatoms. The molecular formula is C29H45F3N6O2Si2. The standard InChI is InChI=1S/C29H45F3N6O2Si2/c1-8-33-17-24-15-23(16-34-18-24)9-10-25-19-38(22-40-12-14-42(5,6)7)36-27(25)28-35-26(29(30,31)32)20-37(28)21-39-11-13-41(2,3)4/h9-10,15-16,18-20,33H,8,11-14,17,21-22H2,1-7H3/b10-9+. The monoisotopic (exact) mass is 622 g/mol. The number of nitrogens with zero attached hydrogens (tertiary/aromatic N) is 5. The lowest BCUT2D eigenvalue weighted by atomic mass is 10.1. The number of nitrogens with one attached hydrogen (secondary N) is 1. The highest BCUT2D eigenvalue weighted by atomic mass is 28.3. The third-order valence-corrected chi connectivity index (χ3v) is 9.77. The van der Waals surface area contributed by atoms with E-state index >= 15 is 0 Å². The number of rotatable bonds is 16. The first-order chi connectivity index (χ1) is 19.6. The minimum Gasteiger partial charge on any atom is -0.361 e. The minimum atomic E-state index is -4.60. The molecule has 0 atom stereocenters. The molecule has 3 aromatic rings. The lowest BCUT2D eigenvalue weighted by Gasteiger charge is -2.16. The molecular weight excluding hydrogens is 578 g/mol. The molecule has 0 amide bonds. The molecule has 3 aromatic heterocycles. The quantitative estimate of drug-likeness (QED) is 0.136. The third kappa shape index (κ3) is 11.2. The third-order valence-electron chi connectivity index (χ3n) is 6.37. The fourth-order valence-electron chi connectivity index (χ4n) is 3.87. The van der Waals surface area contributed by atoms with Crippen LogP contribution in [-0.4, -0.2) is 60.2 Å². The summed E-state index contributed by atoms with van der Waals surface area (Å²) in [5, 5.41) is 7.92. The Morgan fingerprint density at radius 1 is 0.929 bits per heavy atom. The van der Waals surface area contributed by atoms with Crippen LogP contribution in [0.15, 0.2) is 30.9 Å². The van der Waals surface area contributed by atoms with E-state index in [4.69, 9.17) is 9.47 Å². The zero-order chi connectivity index (χ0) is 31.0. The van der Waals surface area contributed by atoms with Crippen molar-refractivity contribution in [3.05, 3.63) is 53.2 Å². The molecule has 0 saturated heterocycles. The van der Waals surface area contributed by atoms with Crippen molar-refractivity contribution in [2.45, 2.75) is 84.5 Å². The van der Waals surface area contributed by atoms with E-state index in [1.54, 1.807) is 23.3 Å². The van der Waals surface area contributed by atoms with Gasteiger partial charge in [0.25, 0.3) is 0 Å². The van der Waals surface area contributed by atoms with Gasteiger partial charge in [0.15, 0.2) is 11.5 Å². The fourth-order valence-corrected chi connectivity index (χ4v) is 5.38. The van der Waals surface area contributed by atoms with Crippen molar-refractivity contribution in [2.24, 2.45) is 0 Å². The maximum Gasteiger partial charge on any atom is 0.434 e. The van der Waals surface area contributed by atoms with E-state index in [2.05, 4.69) is 59.7 Å². The average molecular weight is 623 g/mol. The molecule has 0 fully saturated rings. The van der Waals surface area contributed by atoms with Crippen molar-refractivity contribution in [3.8, 4) is 11.5 Å². The summed E-state index contributed by atoms with van der Waals surface area (Å²) >= 11 is 0. The van der Waals surface area contributed by atoms with E-state index in [0.29, 0.717) is 31.0 Å². The van der Waals surface area contributed by atoms with Gasteiger partial charge in [0.2, 0.25) is 0 Å². The van der Waals surface area contributed by atoms with Gasteiger partial charge in [-0.1, -0.05) is 58.4 Å². The lowest BCUT2D eigenvalue weighted by molar-refractivity contribution is -0.141. The highest BCUT2D eigenvalue weighted by Gasteiger charge is 2.35. The summed E-state index contributed by atoms with van der Waals surface area (Å²) < 4.78 is 56.0. The van der Waals surface area contributed by atoms with Crippen LogP contribution in [0, 0.1) is 0 Å². The molecule has 42 heavy (non-hydrogen) atoms. The van der Waals surface area contributed by atoms with E-state index in [-0.39, 0.29) is 19.3 Å². The number of hydrogen-bond acceptors (Lipinski definition) is 6. The van der Waals surface area contributed by atoms with Crippen LogP contribution in [-0.2, 0) is 35.7 Å². The largest absolute Gasteiger partial charge is 0.434 e. The highest BCUT2D eigenvalue weighted by molar-refractivity contribution is 6.76. The van der Waals surface area contributed by atoms with Crippen molar-refractivity contribution in [3.63, 3.8) is 0 Å². The Labute approximate surface area is 249 Å². The molecule has 0 unspecified atom stereocenters. The number of ether oxygens (including phenoxy) is 2. The minimum absolute atomic E-state index is 0.0536. The first kappa shape index (κ1) is 33.9. The summed E-state index contributed by atoms with van der Waals surface area (Å²) in [6.07, 6.45) is 5.41. The second kappa shape index (κ2) is 14.7. The maximum atomic E-state index is 13.8. The second-order valence-electron chi connectivity index (χ2n) is 12.8. The fraction of sp³-hybridized carbons (Fsp3) is 0.552. The normalized spacial score (nSPS) is 13.0. The summed E-state index contributed by atoms with van der Waals surface area (Å²) in [5.41, 5.74) is 1.85. The molecule has 1 N–H and O–H groups in total. The summed E-state index contributed by atoms with van der Waals surface area (Å²) in [6, 6.07) is 3.92. The molecule has 0 spiro atoms. The molecule has 3 heterocycles. The summed E-state index contributed by atoms with van der Waals surface area (Å²) in [7, 11) is -2.64. The van der Waals surface area contributed by atoms with Gasteiger partial charge in [-0.25, -0.2) is 9.67 Å². The first-order valence-corrected chi connectivity index (χ1v) is 21.8. The van der Waals surface area contributed by atoms with Crippen LogP contribution in [0.3, 0.4) is 0 Å². The summed E-state index contributed by atoms with van der Waals surface area (Å²) in [5.74, 6) is 0.0925. The second-order valence-corrected chi connectivity index (χ2v) is 24.1. The zero-order valence-corrected chi connectivity index (χ0v) is 27.9. The molecule has 0 aliphatic rings. The van der Waals surface area contributed by atoms with Crippen LogP contribution >= 0.6 is 0 Å². The van der Waals surface area contributed by atoms with Gasteiger partial charge in [0.05, 0.1) is 0 Å². The van der Waals surface area contributed by atoms with Gasteiger partial charge in [-0.3, -0.25) is 4.98 Å². The van der Waals surface area contributed by atoms with Crippen LogP contribution < -0.4 is 5.32 Å². The average Bonchev–Trinajstić information content (AvgIpc) is 3.50. The van der Waals surface area contributed by atoms with Gasteiger partial charge in [0, 0.05) is 66.3 Å². The number of aromatic nitrogens is 5. The Hall–Kier alpha value is -2.59. The lowest BCUT2D eigenvalue weighted by Crippen LogP contribution is -2.22. The number of halogens is 3. The van der Waals surface area contributed by atoms with Crippen molar-refractivity contribution in [1.29, 1.82) is 0 Å². The predicted octanol–water partition coefficient (Wildman–Crippen LogP) is 7.06. The molecule has 0 saturated carbocycles. The van der Waals surface area contributed by atoms with Crippen LogP contribution in [0.5, 0.6) is 0 Å².